The molecule has 1 N–H and O–H groups in total. The van der Waals surface area contributed by atoms with Crippen LogP contribution in [0.5, 0.6) is 17.2 Å². The number of carbonyl (C=O) groups is 1. The second kappa shape index (κ2) is 16.7. The fraction of sp³-hybridized carbons (Fsp3) is 0.531. The van der Waals surface area contributed by atoms with Crippen molar-refractivity contribution in [1.82, 2.24) is 10.4 Å². The number of methoxy groups -OCH3 is 2. The number of piperazine rings is 1. The van der Waals surface area contributed by atoms with Gasteiger partial charge < -0.3 is 19.1 Å². The molecule has 0 unspecified atom stereocenters. The number of anilines is 1. The molecule has 1 saturated heterocycles. The minimum absolute atomic E-state index is 0.160. The molecular weight excluding hydrogens is 490 g/mol. The quantitative estimate of drug-likeness (QED) is 0.198. The Bertz CT molecular complexity index is 1020. The predicted molar refractivity (Wildman–Crippen MR) is 160 cm³/mol. The van der Waals surface area contributed by atoms with Gasteiger partial charge in [0.2, 0.25) is 5.75 Å². The summed E-state index contributed by atoms with van der Waals surface area (Å²) in [6, 6.07) is 12.2. The van der Waals surface area contributed by atoms with Gasteiger partial charge in [0.15, 0.2) is 11.5 Å². The molecule has 0 aliphatic carbocycles. The third-order valence-corrected chi connectivity index (χ3v) is 7.16. The topological polar surface area (TPSA) is 63.3 Å². The Kier molecular flexibility index (Phi) is 13.0. The summed E-state index contributed by atoms with van der Waals surface area (Å²) in [5.41, 5.74) is 6.34. The fourth-order valence-corrected chi connectivity index (χ4v) is 4.89. The molecule has 0 bridgehead atoms. The predicted octanol–water partition coefficient (Wildman–Crippen LogP) is 6.40. The summed E-state index contributed by atoms with van der Waals surface area (Å²) in [7, 11) is 3.24. The smallest absolute Gasteiger partial charge is 0.258 e. The molecule has 39 heavy (non-hydrogen) atoms. The number of hydrogen-bond donors (Lipinski definition) is 1. The number of aryl methyl sites for hydroxylation is 1. The molecule has 0 spiro atoms. The monoisotopic (exact) mass is 537 g/mol. The van der Waals surface area contributed by atoms with E-state index in [1.165, 1.54) is 49.8 Å². The van der Waals surface area contributed by atoms with Gasteiger partial charge in [-0.05, 0) is 48.7 Å². The number of rotatable bonds is 16. The summed E-state index contributed by atoms with van der Waals surface area (Å²) >= 11 is 0. The molecule has 3 rings (SSSR count). The van der Waals surface area contributed by atoms with Crippen LogP contribution in [0.25, 0.3) is 6.08 Å². The highest BCUT2D eigenvalue weighted by Gasteiger charge is 2.19. The van der Waals surface area contributed by atoms with Gasteiger partial charge in [0, 0.05) is 37.9 Å². The molecule has 7 nitrogen and oxygen atoms in total. The van der Waals surface area contributed by atoms with Crippen LogP contribution in [0.2, 0.25) is 0 Å². The summed E-state index contributed by atoms with van der Waals surface area (Å²) in [5, 5.41) is 1.98. The molecule has 7 heteroatoms. The number of hydrogen-bond acceptors (Lipinski definition) is 6. The van der Waals surface area contributed by atoms with E-state index in [1.807, 2.05) is 17.1 Å². The lowest BCUT2D eigenvalue weighted by molar-refractivity contribution is -0.121. The van der Waals surface area contributed by atoms with Crippen molar-refractivity contribution in [3.8, 4) is 17.2 Å². The summed E-state index contributed by atoms with van der Waals surface area (Å²) < 4.78 is 17.2. The Morgan fingerprint density at radius 2 is 1.51 bits per heavy atom. The molecule has 1 amide bonds. The second-order valence-electron chi connectivity index (χ2n) is 10.1. The highest BCUT2D eigenvalue weighted by atomic mass is 16.5. The van der Waals surface area contributed by atoms with E-state index < -0.39 is 0 Å². The van der Waals surface area contributed by atoms with Gasteiger partial charge in [-0.3, -0.25) is 10.2 Å². The largest absolute Gasteiger partial charge is 0.493 e. The maximum absolute atomic E-state index is 12.6. The minimum Gasteiger partial charge on any atom is -0.493 e. The van der Waals surface area contributed by atoms with Crippen LogP contribution in [0.15, 0.2) is 42.5 Å². The van der Waals surface area contributed by atoms with E-state index in [2.05, 4.69) is 48.4 Å². The molecule has 214 valence electrons. The van der Waals surface area contributed by atoms with Crippen LogP contribution < -0.4 is 24.5 Å². The Morgan fingerprint density at radius 3 is 2.13 bits per heavy atom. The first-order valence-electron chi connectivity index (χ1n) is 14.5. The highest BCUT2D eigenvalue weighted by molar-refractivity contribution is 5.91. The molecule has 1 aliphatic heterocycles. The van der Waals surface area contributed by atoms with E-state index in [9.17, 15) is 4.79 Å². The average Bonchev–Trinajstić information content (AvgIpc) is 2.96. The van der Waals surface area contributed by atoms with Crippen LogP contribution in [0.1, 0.15) is 69.4 Å². The lowest BCUT2D eigenvalue weighted by Gasteiger charge is -2.36. The number of ether oxygens (including phenoxy) is 3. The molecule has 0 aromatic heterocycles. The normalized spacial score (nSPS) is 14.0. The molecular formula is C32H47N3O4. The Balaban J connectivity index is 1.47. The van der Waals surface area contributed by atoms with Crippen LogP contribution in [0.3, 0.4) is 0 Å². The molecule has 0 saturated carbocycles. The van der Waals surface area contributed by atoms with E-state index in [0.29, 0.717) is 23.9 Å². The number of hydrazine groups is 1. The van der Waals surface area contributed by atoms with Gasteiger partial charge in [-0.15, -0.1) is 0 Å². The summed E-state index contributed by atoms with van der Waals surface area (Å²) in [6.45, 7) is 8.26. The first-order valence-corrected chi connectivity index (χ1v) is 14.5. The number of para-hydroxylation sites is 1. The molecule has 0 radical (unpaired) electrons. The average molecular weight is 538 g/mol. The lowest BCUT2D eigenvalue weighted by Crippen LogP contribution is -2.53. The van der Waals surface area contributed by atoms with E-state index in [-0.39, 0.29) is 5.91 Å². The number of nitrogens with zero attached hydrogens (tertiary/aromatic N) is 2. The maximum Gasteiger partial charge on any atom is 0.258 e. The molecule has 0 atom stereocenters. The van der Waals surface area contributed by atoms with Gasteiger partial charge in [-0.1, -0.05) is 70.1 Å². The molecule has 2 aromatic rings. The zero-order valence-corrected chi connectivity index (χ0v) is 24.3. The van der Waals surface area contributed by atoms with Gasteiger partial charge in [-0.2, -0.15) is 0 Å². The summed E-state index contributed by atoms with van der Waals surface area (Å²) in [6.07, 6.45) is 13.3. The van der Waals surface area contributed by atoms with E-state index >= 15 is 0 Å². The standard InChI is InChI=1S/C32H47N3O4/c1-5-6-7-8-9-10-11-14-23-39-32-29(37-3)24-27(25-30(32)38-4)17-18-31(36)33-35-21-19-34(20-22-35)28-16-13-12-15-26(28)2/h12-13,15-18,24-25H,5-11,14,19-23H2,1-4H3,(H,33,36)/b18-17+. The van der Waals surface area contributed by atoms with Crippen molar-refractivity contribution in [3.63, 3.8) is 0 Å². The third-order valence-electron chi connectivity index (χ3n) is 7.16. The minimum atomic E-state index is -0.160. The first kappa shape index (κ1) is 30.4. The van der Waals surface area contributed by atoms with Crippen LogP contribution in [0.4, 0.5) is 5.69 Å². The first-order chi connectivity index (χ1) is 19.0. The van der Waals surface area contributed by atoms with E-state index in [0.717, 1.165) is 44.6 Å². The molecule has 1 fully saturated rings. The van der Waals surface area contributed by atoms with Crippen LogP contribution >= 0.6 is 0 Å². The van der Waals surface area contributed by atoms with Gasteiger partial charge in [-0.25, -0.2) is 5.01 Å². The zero-order chi connectivity index (χ0) is 27.9. The Morgan fingerprint density at radius 1 is 0.897 bits per heavy atom. The number of carbonyl (C=O) groups excluding carboxylic acids is 1. The molecule has 1 heterocycles. The van der Waals surface area contributed by atoms with Crippen molar-refractivity contribution in [2.45, 2.75) is 65.2 Å². The number of amides is 1. The van der Waals surface area contributed by atoms with Crippen LogP contribution in [-0.4, -0.2) is 57.9 Å². The summed E-state index contributed by atoms with van der Waals surface area (Å²) in [5.74, 6) is 1.64. The fourth-order valence-electron chi connectivity index (χ4n) is 4.89. The van der Waals surface area contributed by atoms with Gasteiger partial charge in [0.1, 0.15) is 0 Å². The van der Waals surface area contributed by atoms with Crippen molar-refractivity contribution in [2.24, 2.45) is 0 Å². The Hall–Kier alpha value is -3.19. The van der Waals surface area contributed by atoms with Crippen molar-refractivity contribution in [1.29, 1.82) is 0 Å². The van der Waals surface area contributed by atoms with Crippen molar-refractivity contribution >= 4 is 17.7 Å². The zero-order valence-electron chi connectivity index (χ0n) is 24.3. The number of unbranched alkanes of at least 4 members (excludes halogenated alkanes) is 7. The van der Waals surface area contributed by atoms with Crippen molar-refractivity contribution in [2.75, 3.05) is 51.9 Å². The summed E-state index contributed by atoms with van der Waals surface area (Å²) in [4.78, 5) is 15.0. The van der Waals surface area contributed by atoms with Gasteiger partial charge in [0.05, 0.1) is 20.8 Å². The van der Waals surface area contributed by atoms with Gasteiger partial charge in [0.25, 0.3) is 5.91 Å². The molecule has 1 aliphatic rings. The number of benzene rings is 2. The number of nitrogens with one attached hydrogen (secondary N) is 1. The highest BCUT2D eigenvalue weighted by Crippen LogP contribution is 2.39. The van der Waals surface area contributed by atoms with Gasteiger partial charge >= 0.3 is 0 Å². The second-order valence-corrected chi connectivity index (χ2v) is 10.1. The van der Waals surface area contributed by atoms with E-state index in [4.69, 9.17) is 14.2 Å². The van der Waals surface area contributed by atoms with Crippen molar-refractivity contribution < 1.29 is 19.0 Å². The van der Waals surface area contributed by atoms with Crippen LogP contribution in [0, 0.1) is 6.92 Å². The SMILES string of the molecule is CCCCCCCCCCOc1c(OC)cc(/C=C/C(=O)NN2CCN(c3ccccc3C)CC2)cc1OC. The van der Waals surface area contributed by atoms with E-state index in [1.54, 1.807) is 26.4 Å². The molecule has 2 aromatic carbocycles. The lowest BCUT2D eigenvalue weighted by atomic mass is 10.1. The van der Waals surface area contributed by atoms with Crippen molar-refractivity contribution in [3.05, 3.63) is 53.6 Å². The van der Waals surface area contributed by atoms with Crippen LogP contribution in [-0.2, 0) is 4.79 Å². The Labute approximate surface area is 235 Å². The maximum atomic E-state index is 12.6. The third kappa shape index (κ3) is 9.81.